The van der Waals surface area contributed by atoms with E-state index in [1.54, 1.807) is 31.3 Å². The molecule has 1 N–H and O–H groups in total. The molecule has 0 fully saturated rings. The SMILES string of the molecule is Cc1cc(CSc2ncccc2C(=O)Nc2cc(F)ccc2C)no1. The minimum atomic E-state index is -0.400. The average molecular weight is 357 g/mol. The Balaban J connectivity index is 1.77. The fourth-order valence-electron chi connectivity index (χ4n) is 2.23. The van der Waals surface area contributed by atoms with Crippen molar-refractivity contribution in [2.75, 3.05) is 5.32 Å². The molecule has 0 spiro atoms. The second-order valence-electron chi connectivity index (χ2n) is 5.49. The number of amides is 1. The van der Waals surface area contributed by atoms with Crippen molar-refractivity contribution in [3.63, 3.8) is 0 Å². The molecular weight excluding hydrogens is 341 g/mol. The molecule has 0 radical (unpaired) electrons. The summed E-state index contributed by atoms with van der Waals surface area (Å²) in [5.41, 5.74) is 2.43. The van der Waals surface area contributed by atoms with E-state index in [1.807, 2.05) is 13.0 Å². The van der Waals surface area contributed by atoms with E-state index in [0.29, 0.717) is 22.0 Å². The van der Waals surface area contributed by atoms with Gasteiger partial charge in [0.15, 0.2) is 0 Å². The topological polar surface area (TPSA) is 68.0 Å². The second-order valence-corrected chi connectivity index (χ2v) is 6.45. The Morgan fingerprint density at radius 2 is 2.12 bits per heavy atom. The number of aromatic nitrogens is 2. The lowest BCUT2D eigenvalue weighted by molar-refractivity contribution is 0.102. The van der Waals surface area contributed by atoms with Crippen LogP contribution >= 0.6 is 11.8 Å². The van der Waals surface area contributed by atoms with E-state index < -0.39 is 5.82 Å². The van der Waals surface area contributed by atoms with Gasteiger partial charge in [0.1, 0.15) is 16.6 Å². The number of halogens is 1. The molecular formula is C18H16FN3O2S. The van der Waals surface area contributed by atoms with Gasteiger partial charge in [-0.2, -0.15) is 0 Å². The first-order valence-corrected chi connectivity index (χ1v) is 8.59. The van der Waals surface area contributed by atoms with E-state index in [0.717, 1.165) is 17.0 Å². The number of benzene rings is 1. The number of carbonyl (C=O) groups excluding carboxylic acids is 1. The normalized spacial score (nSPS) is 10.7. The average Bonchev–Trinajstić information content (AvgIpc) is 3.02. The number of hydrogen-bond acceptors (Lipinski definition) is 5. The molecule has 2 heterocycles. The highest BCUT2D eigenvalue weighted by atomic mass is 32.2. The third-order valence-electron chi connectivity index (χ3n) is 3.50. The van der Waals surface area contributed by atoms with Crippen molar-refractivity contribution in [2.24, 2.45) is 0 Å². The molecule has 3 rings (SSSR count). The van der Waals surface area contributed by atoms with Crippen LogP contribution in [0, 0.1) is 19.7 Å². The third kappa shape index (κ3) is 4.24. The molecule has 0 aliphatic rings. The molecule has 0 aliphatic carbocycles. The zero-order valence-corrected chi connectivity index (χ0v) is 14.6. The van der Waals surface area contributed by atoms with Gasteiger partial charge in [0.05, 0.1) is 11.3 Å². The highest BCUT2D eigenvalue weighted by molar-refractivity contribution is 7.98. The minimum absolute atomic E-state index is 0.333. The monoisotopic (exact) mass is 357 g/mol. The lowest BCUT2D eigenvalue weighted by Gasteiger charge is -2.10. The number of pyridine rings is 1. The summed E-state index contributed by atoms with van der Waals surface area (Å²) in [4.78, 5) is 16.9. The van der Waals surface area contributed by atoms with E-state index in [4.69, 9.17) is 4.52 Å². The zero-order chi connectivity index (χ0) is 17.8. The van der Waals surface area contributed by atoms with Crippen molar-refractivity contribution in [1.82, 2.24) is 10.1 Å². The molecule has 0 unspecified atom stereocenters. The number of hydrogen-bond donors (Lipinski definition) is 1. The molecule has 128 valence electrons. The van der Waals surface area contributed by atoms with Crippen LogP contribution in [0.5, 0.6) is 0 Å². The van der Waals surface area contributed by atoms with Crippen molar-refractivity contribution in [3.05, 3.63) is 71.0 Å². The van der Waals surface area contributed by atoms with Gasteiger partial charge < -0.3 is 9.84 Å². The van der Waals surface area contributed by atoms with Gasteiger partial charge >= 0.3 is 0 Å². The van der Waals surface area contributed by atoms with Crippen LogP contribution in [0.15, 0.2) is 52.1 Å². The van der Waals surface area contributed by atoms with Crippen molar-refractivity contribution in [1.29, 1.82) is 0 Å². The lowest BCUT2D eigenvalue weighted by atomic mass is 10.2. The van der Waals surface area contributed by atoms with Crippen LogP contribution in [0.25, 0.3) is 0 Å². The van der Waals surface area contributed by atoms with Crippen LogP contribution in [0.3, 0.4) is 0 Å². The van der Waals surface area contributed by atoms with Crippen LogP contribution in [-0.4, -0.2) is 16.0 Å². The van der Waals surface area contributed by atoms with Crippen LogP contribution < -0.4 is 5.32 Å². The van der Waals surface area contributed by atoms with E-state index in [-0.39, 0.29) is 5.91 Å². The lowest BCUT2D eigenvalue weighted by Crippen LogP contribution is -2.14. The smallest absolute Gasteiger partial charge is 0.258 e. The Bertz CT molecular complexity index is 911. The first kappa shape index (κ1) is 17.2. The molecule has 0 aliphatic heterocycles. The van der Waals surface area contributed by atoms with Gasteiger partial charge in [-0.15, -0.1) is 0 Å². The highest BCUT2D eigenvalue weighted by Crippen LogP contribution is 2.25. The fraction of sp³-hybridized carbons (Fsp3) is 0.167. The van der Waals surface area contributed by atoms with Gasteiger partial charge in [-0.25, -0.2) is 9.37 Å². The molecule has 25 heavy (non-hydrogen) atoms. The van der Waals surface area contributed by atoms with Crippen molar-refractivity contribution >= 4 is 23.4 Å². The van der Waals surface area contributed by atoms with E-state index >= 15 is 0 Å². The number of nitrogens with one attached hydrogen (secondary N) is 1. The van der Waals surface area contributed by atoms with Crippen LogP contribution in [0.2, 0.25) is 0 Å². The fourth-order valence-corrected chi connectivity index (χ4v) is 3.10. The standard InChI is InChI=1S/C18H16FN3O2S/c1-11-5-6-13(19)9-16(11)21-17(23)15-4-3-7-20-18(15)25-10-14-8-12(2)24-22-14/h3-9H,10H2,1-2H3,(H,21,23). The maximum absolute atomic E-state index is 13.4. The zero-order valence-electron chi connectivity index (χ0n) is 13.7. The Hall–Kier alpha value is -2.67. The van der Waals surface area contributed by atoms with E-state index in [2.05, 4.69) is 15.5 Å². The maximum atomic E-state index is 13.4. The molecule has 1 amide bonds. The van der Waals surface area contributed by atoms with E-state index in [1.165, 1.54) is 23.9 Å². The summed E-state index contributed by atoms with van der Waals surface area (Å²) in [5, 5.41) is 7.25. The predicted molar refractivity (Wildman–Crippen MR) is 94.1 cm³/mol. The third-order valence-corrected chi connectivity index (χ3v) is 4.54. The molecule has 1 aromatic carbocycles. The molecule has 0 atom stereocenters. The molecule has 0 saturated heterocycles. The summed E-state index contributed by atoms with van der Waals surface area (Å²) in [6, 6.07) is 9.50. The van der Waals surface area contributed by atoms with Crippen molar-refractivity contribution in [3.8, 4) is 0 Å². The molecule has 3 aromatic rings. The van der Waals surface area contributed by atoms with E-state index in [9.17, 15) is 9.18 Å². The summed E-state index contributed by atoms with van der Waals surface area (Å²) in [6.07, 6.45) is 1.63. The number of anilines is 1. The summed E-state index contributed by atoms with van der Waals surface area (Å²) < 4.78 is 18.4. The molecule has 5 nitrogen and oxygen atoms in total. The molecule has 0 bridgehead atoms. The summed E-state index contributed by atoms with van der Waals surface area (Å²) in [5.74, 6) is 0.535. The highest BCUT2D eigenvalue weighted by Gasteiger charge is 2.15. The number of rotatable bonds is 5. The largest absolute Gasteiger partial charge is 0.361 e. The van der Waals surface area contributed by atoms with Gasteiger partial charge in [-0.1, -0.05) is 23.0 Å². The van der Waals surface area contributed by atoms with Crippen LogP contribution in [0.4, 0.5) is 10.1 Å². The summed E-state index contributed by atoms with van der Waals surface area (Å²) in [7, 11) is 0. The molecule has 2 aromatic heterocycles. The maximum Gasteiger partial charge on any atom is 0.258 e. The Labute approximate surface area is 148 Å². The Morgan fingerprint density at radius 3 is 2.88 bits per heavy atom. The Kier molecular flexibility index (Phi) is 5.14. The van der Waals surface area contributed by atoms with Crippen molar-refractivity contribution < 1.29 is 13.7 Å². The van der Waals surface area contributed by atoms with Crippen LogP contribution in [0.1, 0.15) is 27.4 Å². The molecule has 7 heteroatoms. The quantitative estimate of drug-likeness (QED) is 0.687. The molecule has 0 saturated carbocycles. The van der Waals surface area contributed by atoms with Gasteiger partial charge in [0.2, 0.25) is 0 Å². The summed E-state index contributed by atoms with van der Waals surface area (Å²) in [6.45, 7) is 3.63. The number of nitrogens with zero attached hydrogens (tertiary/aromatic N) is 2. The first-order valence-electron chi connectivity index (χ1n) is 7.60. The van der Waals surface area contributed by atoms with Gasteiger partial charge in [0, 0.05) is 23.7 Å². The minimum Gasteiger partial charge on any atom is -0.361 e. The van der Waals surface area contributed by atoms with Gasteiger partial charge in [-0.05, 0) is 43.7 Å². The second kappa shape index (κ2) is 7.48. The van der Waals surface area contributed by atoms with Gasteiger partial charge in [-0.3, -0.25) is 4.79 Å². The number of aryl methyl sites for hydroxylation is 2. The number of thioether (sulfide) groups is 1. The predicted octanol–water partition coefficient (Wildman–Crippen LogP) is 4.37. The van der Waals surface area contributed by atoms with Gasteiger partial charge in [0.25, 0.3) is 5.91 Å². The Morgan fingerprint density at radius 1 is 1.28 bits per heavy atom. The number of carbonyl (C=O) groups is 1. The first-order chi connectivity index (χ1) is 12.0. The summed E-state index contributed by atoms with van der Waals surface area (Å²) >= 11 is 1.39. The van der Waals surface area contributed by atoms with Crippen molar-refractivity contribution in [2.45, 2.75) is 24.6 Å². The van der Waals surface area contributed by atoms with Crippen LogP contribution in [-0.2, 0) is 5.75 Å².